The molecule has 0 fully saturated rings. The molecule has 0 aliphatic carbocycles. The molecule has 2 heterocycles. The van der Waals surface area contributed by atoms with Crippen molar-refractivity contribution in [2.75, 3.05) is 0 Å². The van der Waals surface area contributed by atoms with Crippen molar-refractivity contribution in [3.8, 4) is 10.6 Å². The van der Waals surface area contributed by atoms with Crippen LogP contribution in [0.25, 0.3) is 10.6 Å². The molecule has 14 heavy (non-hydrogen) atoms. The molecule has 3 nitrogen and oxygen atoms in total. The van der Waals surface area contributed by atoms with Gasteiger partial charge in [-0.1, -0.05) is 0 Å². The Balaban J connectivity index is 2.44. The summed E-state index contributed by atoms with van der Waals surface area (Å²) in [5.74, 6) is 0.468. The molecule has 0 radical (unpaired) electrons. The predicted molar refractivity (Wildman–Crippen MR) is 58.6 cm³/mol. The second-order valence-corrected chi connectivity index (χ2v) is 4.17. The summed E-state index contributed by atoms with van der Waals surface area (Å²) in [7, 11) is 1.93. The Morgan fingerprint density at radius 1 is 1.57 bits per heavy atom. The van der Waals surface area contributed by atoms with Gasteiger partial charge in [-0.3, -0.25) is 4.68 Å². The van der Waals surface area contributed by atoms with Gasteiger partial charge in [0.1, 0.15) is 5.01 Å². The standard InChI is InChI=1S/C9H10ClN3S/c1-6-8(4-11-13(6)2)9-12-7(3-10)5-14-9/h4-5H,3H2,1-2H3. The molecule has 0 bridgehead atoms. The largest absolute Gasteiger partial charge is 0.272 e. The quantitative estimate of drug-likeness (QED) is 0.739. The molecule has 0 N–H and O–H groups in total. The zero-order valence-corrected chi connectivity index (χ0v) is 9.56. The van der Waals surface area contributed by atoms with E-state index in [2.05, 4.69) is 10.1 Å². The van der Waals surface area contributed by atoms with Gasteiger partial charge < -0.3 is 0 Å². The minimum Gasteiger partial charge on any atom is -0.272 e. The molecule has 74 valence electrons. The third kappa shape index (κ3) is 1.55. The Bertz CT molecular complexity index is 447. The number of nitrogens with zero attached hydrogens (tertiary/aromatic N) is 3. The maximum Gasteiger partial charge on any atom is 0.127 e. The van der Waals surface area contributed by atoms with E-state index >= 15 is 0 Å². The summed E-state index contributed by atoms with van der Waals surface area (Å²) in [6.07, 6.45) is 1.84. The van der Waals surface area contributed by atoms with Gasteiger partial charge >= 0.3 is 0 Å². The average molecular weight is 228 g/mol. The van der Waals surface area contributed by atoms with Crippen LogP contribution in [0.15, 0.2) is 11.6 Å². The fourth-order valence-corrected chi connectivity index (χ4v) is 2.31. The van der Waals surface area contributed by atoms with Crippen molar-refractivity contribution < 1.29 is 0 Å². The molecular formula is C9H10ClN3S. The maximum absolute atomic E-state index is 5.70. The number of aryl methyl sites for hydroxylation is 1. The highest BCUT2D eigenvalue weighted by atomic mass is 35.5. The molecule has 2 aromatic rings. The van der Waals surface area contributed by atoms with Crippen molar-refractivity contribution in [3.05, 3.63) is 23.0 Å². The molecule has 2 rings (SSSR count). The van der Waals surface area contributed by atoms with E-state index in [1.54, 1.807) is 11.3 Å². The summed E-state index contributed by atoms with van der Waals surface area (Å²) in [4.78, 5) is 4.41. The van der Waals surface area contributed by atoms with E-state index < -0.39 is 0 Å². The molecule has 5 heteroatoms. The second-order valence-electron chi connectivity index (χ2n) is 3.04. The monoisotopic (exact) mass is 227 g/mol. The van der Waals surface area contributed by atoms with E-state index in [1.165, 1.54) is 0 Å². The van der Waals surface area contributed by atoms with Crippen molar-refractivity contribution in [2.24, 2.45) is 7.05 Å². The number of hydrogen-bond acceptors (Lipinski definition) is 3. The Labute approximate surface area is 91.4 Å². The highest BCUT2D eigenvalue weighted by molar-refractivity contribution is 7.13. The topological polar surface area (TPSA) is 30.7 Å². The highest BCUT2D eigenvalue weighted by Gasteiger charge is 2.09. The van der Waals surface area contributed by atoms with Gasteiger partial charge in [0.25, 0.3) is 0 Å². The second kappa shape index (κ2) is 3.71. The van der Waals surface area contributed by atoms with Crippen LogP contribution in [0.2, 0.25) is 0 Å². The van der Waals surface area contributed by atoms with Crippen LogP contribution >= 0.6 is 22.9 Å². The third-order valence-corrected chi connectivity index (χ3v) is 3.35. The molecule has 0 unspecified atom stereocenters. The zero-order chi connectivity index (χ0) is 10.1. The van der Waals surface area contributed by atoms with Gasteiger partial charge in [0, 0.05) is 18.1 Å². The van der Waals surface area contributed by atoms with Crippen LogP contribution in [0.3, 0.4) is 0 Å². The highest BCUT2D eigenvalue weighted by Crippen LogP contribution is 2.26. The predicted octanol–water partition coefficient (Wildman–Crippen LogP) is 2.59. The van der Waals surface area contributed by atoms with Crippen LogP contribution in [0.1, 0.15) is 11.4 Å². The lowest BCUT2D eigenvalue weighted by molar-refractivity contribution is 0.740. The first-order valence-electron chi connectivity index (χ1n) is 4.21. The Morgan fingerprint density at radius 2 is 2.36 bits per heavy atom. The van der Waals surface area contributed by atoms with E-state index in [-0.39, 0.29) is 0 Å². The van der Waals surface area contributed by atoms with Crippen LogP contribution in [0.5, 0.6) is 0 Å². The van der Waals surface area contributed by atoms with Crippen LogP contribution in [0.4, 0.5) is 0 Å². The first-order chi connectivity index (χ1) is 6.72. The summed E-state index contributed by atoms with van der Waals surface area (Å²) in [6.45, 7) is 2.03. The lowest BCUT2D eigenvalue weighted by atomic mass is 10.3. The van der Waals surface area contributed by atoms with Crippen molar-refractivity contribution in [3.63, 3.8) is 0 Å². The Morgan fingerprint density at radius 3 is 2.86 bits per heavy atom. The first-order valence-corrected chi connectivity index (χ1v) is 5.63. The number of thiazole rings is 1. The van der Waals surface area contributed by atoms with E-state index in [0.717, 1.165) is 22.0 Å². The molecule has 0 aliphatic rings. The summed E-state index contributed by atoms with van der Waals surface area (Å²) in [5, 5.41) is 7.15. The molecule has 2 aromatic heterocycles. The number of hydrogen-bond donors (Lipinski definition) is 0. The SMILES string of the molecule is Cc1c(-c2nc(CCl)cs2)cnn1C. The fourth-order valence-electron chi connectivity index (χ4n) is 1.20. The van der Waals surface area contributed by atoms with Crippen LogP contribution in [-0.2, 0) is 12.9 Å². The molecule has 0 aromatic carbocycles. The molecule has 0 amide bonds. The van der Waals surface area contributed by atoms with Crippen LogP contribution in [-0.4, -0.2) is 14.8 Å². The number of aromatic nitrogens is 3. The molecule has 0 aliphatic heterocycles. The summed E-state index contributed by atoms with van der Waals surface area (Å²) >= 11 is 7.30. The Hall–Kier alpha value is -0.870. The molecule has 0 spiro atoms. The molecule has 0 saturated carbocycles. The number of alkyl halides is 1. The van der Waals surface area contributed by atoms with E-state index in [9.17, 15) is 0 Å². The molecule has 0 atom stereocenters. The smallest absolute Gasteiger partial charge is 0.127 e. The van der Waals surface area contributed by atoms with Crippen LogP contribution < -0.4 is 0 Å². The van der Waals surface area contributed by atoms with Crippen molar-refractivity contribution in [2.45, 2.75) is 12.8 Å². The third-order valence-electron chi connectivity index (χ3n) is 2.15. The van der Waals surface area contributed by atoms with Gasteiger partial charge in [0.05, 0.1) is 23.3 Å². The zero-order valence-electron chi connectivity index (χ0n) is 7.99. The van der Waals surface area contributed by atoms with Gasteiger partial charge in [-0.15, -0.1) is 22.9 Å². The maximum atomic E-state index is 5.70. The number of rotatable bonds is 2. The lowest BCUT2D eigenvalue weighted by Gasteiger charge is -1.95. The van der Waals surface area contributed by atoms with Crippen molar-refractivity contribution in [1.29, 1.82) is 0 Å². The minimum absolute atomic E-state index is 0.468. The first kappa shape index (κ1) is 9.68. The lowest BCUT2D eigenvalue weighted by Crippen LogP contribution is -1.92. The minimum atomic E-state index is 0.468. The van der Waals surface area contributed by atoms with E-state index in [0.29, 0.717) is 5.88 Å². The normalized spacial score (nSPS) is 10.8. The van der Waals surface area contributed by atoms with Gasteiger partial charge in [0.15, 0.2) is 0 Å². The fraction of sp³-hybridized carbons (Fsp3) is 0.333. The summed E-state index contributed by atoms with van der Waals surface area (Å²) < 4.78 is 1.84. The van der Waals surface area contributed by atoms with Gasteiger partial charge in [-0.25, -0.2) is 4.98 Å². The van der Waals surface area contributed by atoms with E-state index in [1.807, 2.05) is 30.2 Å². The van der Waals surface area contributed by atoms with Gasteiger partial charge in [-0.2, -0.15) is 5.10 Å². The summed E-state index contributed by atoms with van der Waals surface area (Å²) in [5.41, 5.74) is 3.14. The van der Waals surface area contributed by atoms with Crippen molar-refractivity contribution >= 4 is 22.9 Å². The van der Waals surface area contributed by atoms with Crippen LogP contribution in [0, 0.1) is 6.92 Å². The van der Waals surface area contributed by atoms with Gasteiger partial charge in [-0.05, 0) is 6.92 Å². The van der Waals surface area contributed by atoms with Gasteiger partial charge in [0.2, 0.25) is 0 Å². The summed E-state index contributed by atoms with van der Waals surface area (Å²) in [6, 6.07) is 0. The molecule has 0 saturated heterocycles. The van der Waals surface area contributed by atoms with Crippen molar-refractivity contribution in [1.82, 2.24) is 14.8 Å². The number of halogens is 1. The average Bonchev–Trinajstić information content (AvgIpc) is 2.75. The van der Waals surface area contributed by atoms with E-state index in [4.69, 9.17) is 11.6 Å². The Kier molecular flexibility index (Phi) is 2.56. The molecular weight excluding hydrogens is 218 g/mol.